The van der Waals surface area contributed by atoms with Crippen molar-refractivity contribution in [1.82, 2.24) is 0 Å². The van der Waals surface area contributed by atoms with Crippen LogP contribution >= 0.6 is 0 Å². The van der Waals surface area contributed by atoms with Gasteiger partial charge >= 0.3 is 5.97 Å². The predicted octanol–water partition coefficient (Wildman–Crippen LogP) is 3.83. The number of anilines is 1. The molecule has 0 saturated heterocycles. The summed E-state index contributed by atoms with van der Waals surface area (Å²) in [6.45, 7) is 5.82. The Bertz CT molecular complexity index is 907. The molecule has 8 heteroatoms. The number of carboxylic acid groups (broad SMARTS) is 1. The van der Waals surface area contributed by atoms with E-state index in [9.17, 15) is 13.2 Å². The van der Waals surface area contributed by atoms with E-state index in [1.54, 1.807) is 37.3 Å². The number of carboxylic acids is 1. The summed E-state index contributed by atoms with van der Waals surface area (Å²) in [5.41, 5.74) is 1.08. The third kappa shape index (κ3) is 6.45. The first-order valence-electron chi connectivity index (χ1n) is 8.92. The molecule has 2 N–H and O–H groups in total. The van der Waals surface area contributed by atoms with Gasteiger partial charge in [0.2, 0.25) is 0 Å². The molecule has 0 atom stereocenters. The SMILES string of the molecule is Cc1cc(S(=O)(=O)Nc2ccc(OC(C)C)cc2)ccc1OCCCC(=O)O. The summed E-state index contributed by atoms with van der Waals surface area (Å²) < 4.78 is 38.8. The maximum atomic E-state index is 12.6. The molecular formula is C20H25NO6S. The van der Waals surface area contributed by atoms with Gasteiger partial charge in [-0.15, -0.1) is 0 Å². The molecule has 0 fully saturated rings. The van der Waals surface area contributed by atoms with E-state index in [4.69, 9.17) is 14.6 Å². The second-order valence-electron chi connectivity index (χ2n) is 6.57. The fraction of sp³-hybridized carbons (Fsp3) is 0.350. The fourth-order valence-electron chi connectivity index (χ4n) is 2.44. The largest absolute Gasteiger partial charge is 0.493 e. The van der Waals surface area contributed by atoms with E-state index in [2.05, 4.69) is 4.72 Å². The average Bonchev–Trinajstić information content (AvgIpc) is 2.60. The minimum Gasteiger partial charge on any atom is -0.493 e. The Morgan fingerprint density at radius 3 is 2.39 bits per heavy atom. The summed E-state index contributed by atoms with van der Waals surface area (Å²) in [5, 5.41) is 8.63. The van der Waals surface area contributed by atoms with Crippen molar-refractivity contribution >= 4 is 21.7 Å². The summed E-state index contributed by atoms with van der Waals surface area (Å²) in [6, 6.07) is 11.2. The van der Waals surface area contributed by atoms with Gasteiger partial charge in [0.1, 0.15) is 11.5 Å². The van der Waals surface area contributed by atoms with Crippen molar-refractivity contribution in [2.75, 3.05) is 11.3 Å². The molecule has 28 heavy (non-hydrogen) atoms. The van der Waals surface area contributed by atoms with Gasteiger partial charge in [-0.05, 0) is 75.2 Å². The van der Waals surface area contributed by atoms with Crippen LogP contribution in [0.2, 0.25) is 0 Å². The molecule has 2 aromatic rings. The molecule has 0 radical (unpaired) electrons. The van der Waals surface area contributed by atoms with Crippen molar-refractivity contribution in [3.8, 4) is 11.5 Å². The Morgan fingerprint density at radius 1 is 1.14 bits per heavy atom. The van der Waals surface area contributed by atoms with Gasteiger partial charge in [0.05, 0.1) is 17.6 Å². The van der Waals surface area contributed by atoms with Crippen LogP contribution in [0.3, 0.4) is 0 Å². The molecule has 152 valence electrons. The zero-order valence-electron chi connectivity index (χ0n) is 16.1. The van der Waals surface area contributed by atoms with E-state index in [0.717, 1.165) is 0 Å². The van der Waals surface area contributed by atoms with Gasteiger partial charge in [-0.25, -0.2) is 8.42 Å². The van der Waals surface area contributed by atoms with E-state index in [0.29, 0.717) is 29.2 Å². The molecule has 0 saturated carbocycles. The summed E-state index contributed by atoms with van der Waals surface area (Å²) in [7, 11) is -3.75. The smallest absolute Gasteiger partial charge is 0.303 e. The van der Waals surface area contributed by atoms with Crippen LogP contribution < -0.4 is 14.2 Å². The third-order valence-corrected chi connectivity index (χ3v) is 5.11. The molecule has 0 aliphatic heterocycles. The van der Waals surface area contributed by atoms with Crippen LogP contribution in [0.4, 0.5) is 5.69 Å². The molecule has 0 heterocycles. The first-order chi connectivity index (χ1) is 13.2. The highest BCUT2D eigenvalue weighted by Crippen LogP contribution is 2.24. The minimum absolute atomic E-state index is 0.0242. The van der Waals surface area contributed by atoms with Crippen molar-refractivity contribution in [1.29, 1.82) is 0 Å². The topological polar surface area (TPSA) is 102 Å². The first-order valence-corrected chi connectivity index (χ1v) is 10.4. The van der Waals surface area contributed by atoms with Gasteiger partial charge in [0.15, 0.2) is 0 Å². The molecular weight excluding hydrogens is 382 g/mol. The zero-order chi connectivity index (χ0) is 20.7. The minimum atomic E-state index is -3.75. The number of carbonyl (C=O) groups is 1. The monoisotopic (exact) mass is 407 g/mol. The Hall–Kier alpha value is -2.74. The molecule has 7 nitrogen and oxygen atoms in total. The van der Waals surface area contributed by atoms with E-state index in [-0.39, 0.29) is 24.0 Å². The summed E-state index contributed by atoms with van der Waals surface area (Å²) >= 11 is 0. The quantitative estimate of drug-likeness (QED) is 0.581. The number of nitrogens with one attached hydrogen (secondary N) is 1. The molecule has 0 bridgehead atoms. The van der Waals surface area contributed by atoms with Crippen molar-refractivity contribution in [2.24, 2.45) is 0 Å². The Morgan fingerprint density at radius 2 is 1.82 bits per heavy atom. The van der Waals surface area contributed by atoms with Gasteiger partial charge in [-0.2, -0.15) is 0 Å². The Balaban J connectivity index is 2.04. The second-order valence-corrected chi connectivity index (χ2v) is 8.25. The standard InChI is InChI=1S/C20H25NO6S/c1-14(2)27-17-8-6-16(7-9-17)21-28(24,25)18-10-11-19(15(3)13-18)26-12-4-5-20(22)23/h6-11,13-14,21H,4-5,12H2,1-3H3,(H,22,23). The van der Waals surface area contributed by atoms with Crippen LogP contribution in [0, 0.1) is 6.92 Å². The molecule has 0 unspecified atom stereocenters. The molecule has 0 amide bonds. The van der Waals surface area contributed by atoms with E-state index >= 15 is 0 Å². The van der Waals surface area contributed by atoms with Crippen LogP contribution in [0.1, 0.15) is 32.3 Å². The first kappa shape index (κ1) is 21.6. The molecule has 0 aliphatic rings. The van der Waals surface area contributed by atoms with Crippen molar-refractivity contribution in [3.63, 3.8) is 0 Å². The summed E-state index contributed by atoms with van der Waals surface area (Å²) in [4.78, 5) is 10.6. The normalized spacial score (nSPS) is 11.3. The Labute approximate surface area is 165 Å². The van der Waals surface area contributed by atoms with Crippen LogP contribution in [-0.2, 0) is 14.8 Å². The lowest BCUT2D eigenvalue weighted by molar-refractivity contribution is -0.137. The molecule has 0 spiro atoms. The van der Waals surface area contributed by atoms with E-state index in [1.165, 1.54) is 12.1 Å². The molecule has 0 aliphatic carbocycles. The van der Waals surface area contributed by atoms with Crippen molar-refractivity contribution < 1.29 is 27.8 Å². The van der Waals surface area contributed by atoms with Gasteiger partial charge in [-0.1, -0.05) is 0 Å². The number of rotatable bonds is 10. The predicted molar refractivity (Wildman–Crippen MR) is 107 cm³/mol. The van der Waals surface area contributed by atoms with Crippen LogP contribution in [0.5, 0.6) is 11.5 Å². The highest BCUT2D eigenvalue weighted by Gasteiger charge is 2.16. The van der Waals surface area contributed by atoms with Crippen molar-refractivity contribution in [3.05, 3.63) is 48.0 Å². The van der Waals surface area contributed by atoms with Gasteiger partial charge in [0.25, 0.3) is 10.0 Å². The van der Waals surface area contributed by atoms with Gasteiger partial charge in [-0.3, -0.25) is 9.52 Å². The van der Waals surface area contributed by atoms with Gasteiger partial charge < -0.3 is 14.6 Å². The number of hydrogen-bond acceptors (Lipinski definition) is 5. The summed E-state index contributed by atoms with van der Waals surface area (Å²) in [5.74, 6) is 0.314. The van der Waals surface area contributed by atoms with E-state index in [1.807, 2.05) is 13.8 Å². The lowest BCUT2D eigenvalue weighted by Gasteiger charge is -2.13. The highest BCUT2D eigenvalue weighted by atomic mass is 32.2. The number of ether oxygens (including phenoxy) is 2. The number of aliphatic carboxylic acids is 1. The summed E-state index contributed by atoms with van der Waals surface area (Å²) in [6.07, 6.45) is 0.443. The number of sulfonamides is 1. The highest BCUT2D eigenvalue weighted by molar-refractivity contribution is 7.92. The van der Waals surface area contributed by atoms with E-state index < -0.39 is 16.0 Å². The lowest BCUT2D eigenvalue weighted by Crippen LogP contribution is -2.13. The Kier molecular flexibility index (Phi) is 7.28. The van der Waals surface area contributed by atoms with Crippen molar-refractivity contribution in [2.45, 2.75) is 44.6 Å². The lowest BCUT2D eigenvalue weighted by atomic mass is 10.2. The number of benzene rings is 2. The average molecular weight is 407 g/mol. The zero-order valence-corrected chi connectivity index (χ0v) is 17.0. The number of aryl methyl sites for hydroxylation is 1. The van der Waals surface area contributed by atoms with Gasteiger partial charge in [0, 0.05) is 12.1 Å². The fourth-order valence-corrected chi connectivity index (χ4v) is 3.59. The van der Waals surface area contributed by atoms with Crippen LogP contribution in [0.15, 0.2) is 47.4 Å². The maximum absolute atomic E-state index is 12.6. The molecule has 2 rings (SSSR count). The number of hydrogen-bond donors (Lipinski definition) is 2. The van der Waals surface area contributed by atoms with Crippen LogP contribution in [0.25, 0.3) is 0 Å². The molecule has 2 aromatic carbocycles. The maximum Gasteiger partial charge on any atom is 0.303 e. The third-order valence-electron chi connectivity index (χ3n) is 3.73. The second kappa shape index (κ2) is 9.45. The molecule has 0 aromatic heterocycles. The van der Waals surface area contributed by atoms with Crippen LogP contribution in [-0.4, -0.2) is 32.2 Å².